The van der Waals surface area contributed by atoms with Crippen LogP contribution in [0.3, 0.4) is 0 Å². The third-order valence-electron chi connectivity index (χ3n) is 4.48. The number of carbonyl (C=O) groups is 1. The predicted octanol–water partition coefficient (Wildman–Crippen LogP) is 4.58. The van der Waals surface area contributed by atoms with Crippen LogP contribution in [0.4, 0.5) is 18.9 Å². The van der Waals surface area contributed by atoms with Crippen molar-refractivity contribution in [3.05, 3.63) is 66.4 Å². The van der Waals surface area contributed by atoms with E-state index in [1.807, 2.05) is 0 Å². The lowest BCUT2D eigenvalue weighted by molar-refractivity contribution is -0.141. The van der Waals surface area contributed by atoms with Gasteiger partial charge in [0.1, 0.15) is 5.69 Å². The Kier molecular flexibility index (Phi) is 7.95. The van der Waals surface area contributed by atoms with Crippen LogP contribution >= 0.6 is 11.8 Å². The molecule has 180 valence electrons. The van der Waals surface area contributed by atoms with Gasteiger partial charge < -0.3 is 5.32 Å². The molecule has 0 bridgehead atoms. The highest BCUT2D eigenvalue weighted by molar-refractivity contribution is 8.00. The first-order valence-electron chi connectivity index (χ1n) is 10.1. The molecular formula is C22H21F3N4O3S2. The van der Waals surface area contributed by atoms with E-state index in [0.29, 0.717) is 11.3 Å². The highest BCUT2D eigenvalue weighted by Gasteiger charge is 2.34. The summed E-state index contributed by atoms with van der Waals surface area (Å²) in [5.41, 5.74) is -0.186. The van der Waals surface area contributed by atoms with Gasteiger partial charge in [0.15, 0.2) is 5.16 Å². The van der Waals surface area contributed by atoms with Crippen LogP contribution in [0.1, 0.15) is 19.5 Å². The topological polar surface area (TPSA) is 101 Å². The minimum atomic E-state index is -4.68. The normalized spacial score (nSPS) is 12.9. The van der Waals surface area contributed by atoms with E-state index < -0.39 is 33.1 Å². The molecular weight excluding hydrogens is 489 g/mol. The number of aromatic nitrogens is 2. The summed E-state index contributed by atoms with van der Waals surface area (Å²) in [4.78, 5) is 20.4. The van der Waals surface area contributed by atoms with E-state index in [0.717, 1.165) is 17.8 Å². The van der Waals surface area contributed by atoms with Crippen LogP contribution in [0.25, 0.3) is 11.3 Å². The SMILES string of the molecule is CCNS(=O)(=O)c1ccc(NC(=O)[C@@H](C)Sc2nc(-c3ccccc3)cc(C(F)(F)F)n2)cc1. The largest absolute Gasteiger partial charge is 0.433 e. The van der Waals surface area contributed by atoms with Crippen LogP contribution in [0.5, 0.6) is 0 Å². The molecule has 0 fully saturated rings. The molecule has 1 atom stereocenters. The van der Waals surface area contributed by atoms with Gasteiger partial charge in [0.25, 0.3) is 0 Å². The molecule has 0 saturated carbocycles. The summed E-state index contributed by atoms with van der Waals surface area (Å²) in [6.07, 6.45) is -4.68. The van der Waals surface area contributed by atoms with Crippen molar-refractivity contribution in [3.8, 4) is 11.3 Å². The monoisotopic (exact) mass is 510 g/mol. The summed E-state index contributed by atoms with van der Waals surface area (Å²) in [6, 6.07) is 14.8. The molecule has 0 aliphatic rings. The molecule has 3 aromatic rings. The van der Waals surface area contributed by atoms with Gasteiger partial charge >= 0.3 is 6.18 Å². The van der Waals surface area contributed by atoms with Crippen molar-refractivity contribution >= 4 is 33.4 Å². The van der Waals surface area contributed by atoms with Crippen LogP contribution < -0.4 is 10.0 Å². The van der Waals surface area contributed by atoms with Gasteiger partial charge in [-0.3, -0.25) is 4.79 Å². The number of nitrogens with one attached hydrogen (secondary N) is 2. The van der Waals surface area contributed by atoms with Gasteiger partial charge in [-0.1, -0.05) is 49.0 Å². The average Bonchev–Trinajstić information content (AvgIpc) is 2.79. The number of halogens is 3. The molecule has 0 aliphatic heterocycles. The Balaban J connectivity index is 1.77. The van der Waals surface area contributed by atoms with Crippen LogP contribution in [-0.4, -0.2) is 36.1 Å². The van der Waals surface area contributed by atoms with Crippen molar-refractivity contribution in [2.75, 3.05) is 11.9 Å². The minimum absolute atomic E-state index is 0.0422. The molecule has 2 N–H and O–H groups in total. The molecule has 1 heterocycles. The molecule has 0 unspecified atom stereocenters. The maximum Gasteiger partial charge on any atom is 0.433 e. The minimum Gasteiger partial charge on any atom is -0.325 e. The standard InChI is InChI=1S/C22H21F3N4O3S2/c1-3-26-34(31,32)17-11-9-16(10-12-17)27-20(30)14(2)33-21-28-18(15-7-5-4-6-8-15)13-19(29-21)22(23,24)25/h4-14,26H,3H2,1-2H3,(H,27,30)/t14-/m1/s1. The molecule has 7 nitrogen and oxygen atoms in total. The molecule has 1 amide bonds. The van der Waals surface area contributed by atoms with Crippen molar-refractivity contribution in [3.63, 3.8) is 0 Å². The summed E-state index contributed by atoms with van der Waals surface area (Å²) >= 11 is 0.784. The Hall–Kier alpha value is -2.96. The highest BCUT2D eigenvalue weighted by atomic mass is 32.2. The Morgan fingerprint density at radius 3 is 2.29 bits per heavy atom. The number of sulfonamides is 1. The highest BCUT2D eigenvalue weighted by Crippen LogP contribution is 2.33. The van der Waals surface area contributed by atoms with Crippen molar-refractivity contribution in [1.82, 2.24) is 14.7 Å². The molecule has 0 saturated heterocycles. The number of rotatable bonds is 8. The van der Waals surface area contributed by atoms with Gasteiger partial charge in [0.05, 0.1) is 15.8 Å². The number of thioether (sulfide) groups is 1. The van der Waals surface area contributed by atoms with E-state index in [-0.39, 0.29) is 22.3 Å². The van der Waals surface area contributed by atoms with Gasteiger partial charge in [-0.05, 0) is 37.3 Å². The number of hydrogen-bond acceptors (Lipinski definition) is 6. The first-order valence-corrected chi connectivity index (χ1v) is 12.4. The first-order chi connectivity index (χ1) is 16.0. The fourth-order valence-corrected chi connectivity index (χ4v) is 4.65. The summed E-state index contributed by atoms with van der Waals surface area (Å²) < 4.78 is 66.5. The summed E-state index contributed by atoms with van der Waals surface area (Å²) in [5.74, 6) is -0.505. The average molecular weight is 511 g/mol. The number of alkyl halides is 3. The number of nitrogens with zero attached hydrogens (tertiary/aromatic N) is 2. The number of amides is 1. The van der Waals surface area contributed by atoms with E-state index in [9.17, 15) is 26.4 Å². The van der Waals surface area contributed by atoms with Crippen molar-refractivity contribution < 1.29 is 26.4 Å². The van der Waals surface area contributed by atoms with Gasteiger partial charge in [-0.15, -0.1) is 0 Å². The fraction of sp³-hybridized carbons (Fsp3) is 0.227. The summed E-state index contributed by atoms with van der Waals surface area (Å²) in [6.45, 7) is 3.40. The molecule has 0 radical (unpaired) electrons. The maximum absolute atomic E-state index is 13.4. The van der Waals surface area contributed by atoms with Crippen LogP contribution in [-0.2, 0) is 21.0 Å². The zero-order valence-corrected chi connectivity index (χ0v) is 19.8. The van der Waals surface area contributed by atoms with E-state index in [4.69, 9.17) is 0 Å². The number of hydrogen-bond donors (Lipinski definition) is 2. The molecule has 1 aromatic heterocycles. The van der Waals surface area contributed by atoms with E-state index >= 15 is 0 Å². The molecule has 0 spiro atoms. The molecule has 2 aromatic carbocycles. The fourth-order valence-electron chi connectivity index (χ4n) is 2.83. The number of benzene rings is 2. The van der Waals surface area contributed by atoms with Crippen molar-refractivity contribution in [2.45, 2.75) is 35.3 Å². The quantitative estimate of drug-likeness (QED) is 0.340. The lowest BCUT2D eigenvalue weighted by Crippen LogP contribution is -2.24. The lowest BCUT2D eigenvalue weighted by Gasteiger charge is -2.14. The second-order valence-corrected chi connectivity index (χ2v) is 10.1. The third kappa shape index (κ3) is 6.55. The van der Waals surface area contributed by atoms with Gasteiger partial charge in [0.2, 0.25) is 15.9 Å². The molecule has 0 aliphatic carbocycles. The Morgan fingerprint density at radius 1 is 1.06 bits per heavy atom. The molecule has 12 heteroatoms. The zero-order valence-electron chi connectivity index (χ0n) is 18.1. The van der Waals surface area contributed by atoms with Gasteiger partial charge in [-0.2, -0.15) is 13.2 Å². The second kappa shape index (κ2) is 10.5. The smallest absolute Gasteiger partial charge is 0.325 e. The van der Waals surface area contributed by atoms with Gasteiger partial charge in [-0.25, -0.2) is 23.1 Å². The number of anilines is 1. The summed E-state index contributed by atoms with van der Waals surface area (Å²) in [5, 5.41) is 1.58. The van der Waals surface area contributed by atoms with E-state index in [1.165, 1.54) is 31.2 Å². The van der Waals surface area contributed by atoms with Crippen LogP contribution in [0.15, 0.2) is 70.7 Å². The second-order valence-electron chi connectivity index (χ2n) is 7.06. The number of carbonyl (C=O) groups excluding carboxylic acids is 1. The van der Waals surface area contributed by atoms with Gasteiger partial charge in [0, 0.05) is 17.8 Å². The zero-order chi connectivity index (χ0) is 24.9. The van der Waals surface area contributed by atoms with Crippen LogP contribution in [0, 0.1) is 0 Å². The first kappa shape index (κ1) is 25.7. The third-order valence-corrected chi connectivity index (χ3v) is 7.01. The summed E-state index contributed by atoms with van der Waals surface area (Å²) in [7, 11) is -3.63. The molecule has 34 heavy (non-hydrogen) atoms. The van der Waals surface area contributed by atoms with E-state index in [2.05, 4.69) is 20.0 Å². The predicted molar refractivity (Wildman–Crippen MR) is 124 cm³/mol. The van der Waals surface area contributed by atoms with Crippen LogP contribution in [0.2, 0.25) is 0 Å². The maximum atomic E-state index is 13.4. The Labute approximate surface area is 199 Å². The molecule has 3 rings (SSSR count). The van der Waals surface area contributed by atoms with E-state index in [1.54, 1.807) is 37.3 Å². The lowest BCUT2D eigenvalue weighted by atomic mass is 10.1. The van der Waals surface area contributed by atoms with Crippen molar-refractivity contribution in [2.24, 2.45) is 0 Å². The Bertz CT molecular complexity index is 1250. The van der Waals surface area contributed by atoms with Crippen molar-refractivity contribution in [1.29, 1.82) is 0 Å². The Morgan fingerprint density at radius 2 is 1.71 bits per heavy atom.